The van der Waals surface area contributed by atoms with Gasteiger partial charge in [0.25, 0.3) is 0 Å². The van der Waals surface area contributed by atoms with Crippen LogP contribution in [0.5, 0.6) is 0 Å². The zero-order valence-electron chi connectivity index (χ0n) is 12.6. The molecule has 0 bridgehead atoms. The molecule has 0 radical (unpaired) electrons. The molecular weight excluding hydrogens is 268 g/mol. The summed E-state index contributed by atoms with van der Waals surface area (Å²) in [6, 6.07) is 0. The van der Waals surface area contributed by atoms with Gasteiger partial charge in [-0.15, -0.1) is 0 Å². The third-order valence-corrected chi connectivity index (χ3v) is 6.70. The molecule has 2 nitrogen and oxygen atoms in total. The van der Waals surface area contributed by atoms with E-state index >= 15 is 0 Å². The van der Waals surface area contributed by atoms with Crippen molar-refractivity contribution in [2.45, 2.75) is 69.8 Å². The maximum atomic E-state index is 12.7. The molecule has 0 aromatic heterocycles. The van der Waals surface area contributed by atoms with Gasteiger partial charge in [0.2, 0.25) is 0 Å². The first-order chi connectivity index (χ1) is 9.77. The second-order valence-electron chi connectivity index (χ2n) is 7.05. The second kappa shape index (κ2) is 6.83. The molecule has 3 rings (SSSR count). The lowest BCUT2D eigenvalue weighted by Gasteiger charge is -2.37. The molecule has 2 aliphatic heterocycles. The topological polar surface area (TPSA) is 26.3 Å². The molecule has 2 heterocycles. The van der Waals surface area contributed by atoms with Crippen LogP contribution < -0.4 is 0 Å². The Morgan fingerprint density at radius 2 is 1.95 bits per heavy atom. The number of Topliss-reactive ketones (excluding diaryl/α,β-unsaturated/α-hetero) is 1. The minimum absolute atomic E-state index is 0.0622. The summed E-state index contributed by atoms with van der Waals surface area (Å²) in [7, 11) is 0. The maximum Gasteiger partial charge on any atom is 0.136 e. The first kappa shape index (κ1) is 14.9. The summed E-state index contributed by atoms with van der Waals surface area (Å²) in [5.41, 5.74) is 0.0622. The van der Waals surface area contributed by atoms with E-state index in [1.54, 1.807) is 0 Å². The molecule has 2 saturated heterocycles. The number of rotatable bonds is 3. The van der Waals surface area contributed by atoms with Gasteiger partial charge in [0.05, 0.1) is 5.60 Å². The highest BCUT2D eigenvalue weighted by Crippen LogP contribution is 2.41. The van der Waals surface area contributed by atoms with Gasteiger partial charge in [0, 0.05) is 24.7 Å². The lowest BCUT2D eigenvalue weighted by atomic mass is 9.80. The van der Waals surface area contributed by atoms with Gasteiger partial charge in [-0.25, -0.2) is 0 Å². The highest BCUT2D eigenvalue weighted by Gasteiger charge is 2.42. The molecule has 3 heteroatoms. The van der Waals surface area contributed by atoms with Crippen LogP contribution in [0.3, 0.4) is 0 Å². The van der Waals surface area contributed by atoms with Gasteiger partial charge in [-0.1, -0.05) is 38.5 Å². The summed E-state index contributed by atoms with van der Waals surface area (Å²) in [4.78, 5) is 12.7. The van der Waals surface area contributed by atoms with Crippen molar-refractivity contribution in [1.29, 1.82) is 0 Å². The lowest BCUT2D eigenvalue weighted by Crippen LogP contribution is -2.42. The van der Waals surface area contributed by atoms with E-state index in [1.807, 2.05) is 11.8 Å². The third kappa shape index (κ3) is 3.59. The Kier molecular flexibility index (Phi) is 5.09. The molecule has 2 unspecified atom stereocenters. The molecular formula is C17H28O2S. The summed E-state index contributed by atoms with van der Waals surface area (Å²) in [5, 5.41) is 0. The molecule has 3 aliphatic rings. The fraction of sp³-hybridized carbons (Fsp3) is 0.941. The van der Waals surface area contributed by atoms with Crippen LogP contribution in [0.4, 0.5) is 0 Å². The normalized spacial score (nSPS) is 36.1. The Morgan fingerprint density at radius 1 is 1.15 bits per heavy atom. The van der Waals surface area contributed by atoms with Crippen LogP contribution >= 0.6 is 11.8 Å². The fourth-order valence-corrected chi connectivity index (χ4v) is 5.56. The molecule has 1 aliphatic carbocycles. The largest absolute Gasteiger partial charge is 0.374 e. The molecule has 0 aromatic rings. The second-order valence-corrected chi connectivity index (χ2v) is 8.16. The number of carbonyl (C=O) groups excluding carboxylic acids is 1. The highest BCUT2D eigenvalue weighted by atomic mass is 32.2. The molecule has 2 atom stereocenters. The number of thioether (sulfide) groups is 1. The van der Waals surface area contributed by atoms with Crippen molar-refractivity contribution >= 4 is 17.5 Å². The van der Waals surface area contributed by atoms with Crippen molar-refractivity contribution in [3.8, 4) is 0 Å². The van der Waals surface area contributed by atoms with Gasteiger partial charge in [-0.3, -0.25) is 4.79 Å². The van der Waals surface area contributed by atoms with Crippen molar-refractivity contribution < 1.29 is 9.53 Å². The molecule has 114 valence electrons. The highest BCUT2D eigenvalue weighted by molar-refractivity contribution is 7.99. The van der Waals surface area contributed by atoms with E-state index in [2.05, 4.69) is 0 Å². The summed E-state index contributed by atoms with van der Waals surface area (Å²) >= 11 is 2.00. The van der Waals surface area contributed by atoms with Crippen LogP contribution in [0.15, 0.2) is 0 Å². The van der Waals surface area contributed by atoms with Gasteiger partial charge < -0.3 is 4.74 Å². The number of carbonyl (C=O) groups is 1. The van der Waals surface area contributed by atoms with Crippen molar-refractivity contribution in [2.75, 3.05) is 18.1 Å². The lowest BCUT2D eigenvalue weighted by molar-refractivity contribution is -0.135. The van der Waals surface area contributed by atoms with Gasteiger partial charge in [0.1, 0.15) is 5.78 Å². The number of hydrogen-bond acceptors (Lipinski definition) is 3. The third-order valence-electron chi connectivity index (χ3n) is 5.48. The van der Waals surface area contributed by atoms with Crippen LogP contribution in [0.1, 0.15) is 64.2 Å². The van der Waals surface area contributed by atoms with E-state index in [0.29, 0.717) is 17.6 Å². The number of hydrogen-bond donors (Lipinski definition) is 0. The van der Waals surface area contributed by atoms with E-state index in [4.69, 9.17) is 4.74 Å². The van der Waals surface area contributed by atoms with E-state index in [1.165, 1.54) is 44.3 Å². The van der Waals surface area contributed by atoms with Crippen LogP contribution in [0.25, 0.3) is 0 Å². The predicted octanol–water partition coefficient (Wildman–Crippen LogP) is 4.22. The zero-order valence-corrected chi connectivity index (χ0v) is 13.4. The van der Waals surface area contributed by atoms with Gasteiger partial charge in [0.15, 0.2) is 0 Å². The quantitative estimate of drug-likeness (QED) is 0.729. The Labute approximate surface area is 127 Å². The first-order valence-electron chi connectivity index (χ1n) is 8.52. The molecule has 0 aromatic carbocycles. The zero-order chi connectivity index (χ0) is 13.8. The maximum absolute atomic E-state index is 12.7. The molecule has 1 saturated carbocycles. The van der Waals surface area contributed by atoms with Crippen molar-refractivity contribution in [3.63, 3.8) is 0 Å². The molecule has 20 heavy (non-hydrogen) atoms. The van der Waals surface area contributed by atoms with E-state index < -0.39 is 0 Å². The van der Waals surface area contributed by atoms with Crippen LogP contribution in [0.2, 0.25) is 0 Å². The monoisotopic (exact) mass is 296 g/mol. The van der Waals surface area contributed by atoms with Gasteiger partial charge in [-0.2, -0.15) is 11.8 Å². The van der Waals surface area contributed by atoms with Crippen LogP contribution in [-0.2, 0) is 9.53 Å². The SMILES string of the molecule is O=C(CC1CCCCCC1)C1CCOC2(CCSC2)C1. The average Bonchev–Trinajstić information content (AvgIpc) is 2.74. The molecule has 1 spiro atoms. The van der Waals surface area contributed by atoms with Gasteiger partial charge >= 0.3 is 0 Å². The minimum Gasteiger partial charge on any atom is -0.374 e. The standard InChI is InChI=1S/C17H28O2S/c18-16(11-14-5-3-1-2-4-6-14)15-7-9-19-17(12-15)8-10-20-13-17/h14-15H,1-13H2. The van der Waals surface area contributed by atoms with Crippen molar-refractivity contribution in [1.82, 2.24) is 0 Å². The van der Waals surface area contributed by atoms with E-state index in [0.717, 1.165) is 38.0 Å². The Hall–Kier alpha value is -0.0200. The molecule has 0 amide bonds. The first-order valence-corrected chi connectivity index (χ1v) is 9.67. The van der Waals surface area contributed by atoms with Crippen molar-refractivity contribution in [3.05, 3.63) is 0 Å². The van der Waals surface area contributed by atoms with E-state index in [-0.39, 0.29) is 5.60 Å². The summed E-state index contributed by atoms with van der Waals surface area (Å²) in [5.74, 6) is 3.85. The van der Waals surface area contributed by atoms with Crippen LogP contribution in [-0.4, -0.2) is 29.5 Å². The smallest absolute Gasteiger partial charge is 0.136 e. The van der Waals surface area contributed by atoms with Crippen molar-refractivity contribution in [2.24, 2.45) is 11.8 Å². The summed E-state index contributed by atoms with van der Waals surface area (Å²) in [6.07, 6.45) is 12.0. The number of ether oxygens (including phenoxy) is 1. The predicted molar refractivity (Wildman–Crippen MR) is 84.2 cm³/mol. The summed E-state index contributed by atoms with van der Waals surface area (Å²) in [6.45, 7) is 0.807. The van der Waals surface area contributed by atoms with Crippen LogP contribution in [0, 0.1) is 11.8 Å². The fourth-order valence-electron chi connectivity index (χ4n) is 4.19. The van der Waals surface area contributed by atoms with Gasteiger partial charge in [-0.05, 0) is 30.9 Å². The Morgan fingerprint density at radius 3 is 2.65 bits per heavy atom. The number of ketones is 1. The summed E-state index contributed by atoms with van der Waals surface area (Å²) < 4.78 is 6.04. The Balaban J connectivity index is 1.53. The Bertz CT molecular complexity index is 328. The minimum atomic E-state index is 0.0622. The molecule has 3 fully saturated rings. The van der Waals surface area contributed by atoms with E-state index in [9.17, 15) is 4.79 Å². The average molecular weight is 296 g/mol. The molecule has 0 N–H and O–H groups in total.